The fraction of sp³-hybridized carbons (Fsp3) is 0.571. The molecule has 0 saturated carbocycles. The number of β-amino-alcohol motifs (C(OH)–C–C–N with tert-alkyl or cyclic N) is 2. The van der Waals surface area contributed by atoms with E-state index in [0.29, 0.717) is 18.7 Å². The molecule has 0 bridgehead atoms. The third kappa shape index (κ3) is 3.94. The average molecular weight is 289 g/mol. The highest BCUT2D eigenvalue weighted by molar-refractivity contribution is 5.26. The average Bonchev–Trinajstić information content (AvgIpc) is 2.38. The number of halogens is 3. The second-order valence-corrected chi connectivity index (χ2v) is 5.19. The molecule has 1 heterocycles. The van der Waals surface area contributed by atoms with Crippen LogP contribution in [0.15, 0.2) is 24.3 Å². The molecule has 1 fully saturated rings. The van der Waals surface area contributed by atoms with Gasteiger partial charge in [-0.25, -0.2) is 0 Å². The first-order valence-electron chi connectivity index (χ1n) is 6.62. The molecule has 0 spiro atoms. The summed E-state index contributed by atoms with van der Waals surface area (Å²) >= 11 is 0. The number of benzene rings is 1. The highest BCUT2D eigenvalue weighted by atomic mass is 19.4. The highest BCUT2D eigenvalue weighted by Gasteiger charge is 2.30. The fourth-order valence-electron chi connectivity index (χ4n) is 2.44. The lowest BCUT2D eigenvalue weighted by Crippen LogP contribution is -2.40. The van der Waals surface area contributed by atoms with Gasteiger partial charge in [-0.2, -0.15) is 13.2 Å². The Balaban J connectivity index is 1.97. The van der Waals surface area contributed by atoms with Crippen LogP contribution in [-0.2, 0) is 6.18 Å². The fourth-order valence-corrected chi connectivity index (χ4v) is 2.44. The van der Waals surface area contributed by atoms with E-state index in [0.717, 1.165) is 31.5 Å². The second kappa shape index (κ2) is 6.11. The van der Waals surface area contributed by atoms with Gasteiger partial charge in [0.15, 0.2) is 0 Å². The van der Waals surface area contributed by atoms with Gasteiger partial charge in [-0.15, -0.1) is 0 Å². The topological polar surface area (TPSA) is 43.7 Å². The predicted molar refractivity (Wildman–Crippen MR) is 68.1 cm³/mol. The Kier molecular flexibility index (Phi) is 4.67. The van der Waals surface area contributed by atoms with E-state index < -0.39 is 17.8 Å². The minimum atomic E-state index is -4.36. The largest absolute Gasteiger partial charge is 0.416 e. The number of aliphatic hydroxyl groups excluding tert-OH is 2. The monoisotopic (exact) mass is 289 g/mol. The standard InChI is InChI=1S/C14H18F3NO2/c15-14(16,17)11-5-3-10(4-6-11)13(20)9-18-7-1-2-12(19)8-18/h3-6,12-13,19-20H,1-2,7-9H2/t12-,13+/m0/s1. The van der Waals surface area contributed by atoms with E-state index in [2.05, 4.69) is 0 Å². The molecule has 1 aliphatic rings. The number of likely N-dealkylation sites (tertiary alicyclic amines) is 1. The number of aliphatic hydroxyl groups is 2. The smallest absolute Gasteiger partial charge is 0.392 e. The van der Waals surface area contributed by atoms with Crippen molar-refractivity contribution in [2.24, 2.45) is 0 Å². The van der Waals surface area contributed by atoms with Gasteiger partial charge in [0, 0.05) is 13.1 Å². The van der Waals surface area contributed by atoms with Crippen molar-refractivity contribution in [3.8, 4) is 0 Å². The van der Waals surface area contributed by atoms with Crippen molar-refractivity contribution in [3.05, 3.63) is 35.4 Å². The molecular weight excluding hydrogens is 271 g/mol. The molecule has 1 aliphatic heterocycles. The summed E-state index contributed by atoms with van der Waals surface area (Å²) in [7, 11) is 0. The maximum atomic E-state index is 12.4. The minimum absolute atomic E-state index is 0.322. The lowest BCUT2D eigenvalue weighted by atomic mass is 10.0. The third-order valence-corrected chi connectivity index (χ3v) is 3.53. The Labute approximate surface area is 115 Å². The summed E-state index contributed by atoms with van der Waals surface area (Å²) in [5, 5.41) is 19.6. The molecule has 0 amide bonds. The first kappa shape index (κ1) is 15.3. The van der Waals surface area contributed by atoms with E-state index in [1.807, 2.05) is 4.90 Å². The summed E-state index contributed by atoms with van der Waals surface area (Å²) < 4.78 is 37.3. The van der Waals surface area contributed by atoms with Crippen LogP contribution in [0.25, 0.3) is 0 Å². The van der Waals surface area contributed by atoms with Crippen LogP contribution >= 0.6 is 0 Å². The predicted octanol–water partition coefficient (Wildman–Crippen LogP) is 2.20. The quantitative estimate of drug-likeness (QED) is 0.896. The van der Waals surface area contributed by atoms with Crippen molar-refractivity contribution in [2.75, 3.05) is 19.6 Å². The SMILES string of the molecule is O[C@H]1CCCN(C[C@@H](O)c2ccc(C(F)(F)F)cc2)C1. The van der Waals surface area contributed by atoms with Crippen molar-refractivity contribution in [1.82, 2.24) is 4.90 Å². The van der Waals surface area contributed by atoms with Gasteiger partial charge < -0.3 is 10.2 Å². The number of rotatable bonds is 3. The number of nitrogens with zero attached hydrogens (tertiary/aromatic N) is 1. The summed E-state index contributed by atoms with van der Waals surface area (Å²) in [5.41, 5.74) is -0.264. The van der Waals surface area contributed by atoms with Crippen LogP contribution in [-0.4, -0.2) is 40.9 Å². The van der Waals surface area contributed by atoms with Crippen molar-refractivity contribution in [1.29, 1.82) is 0 Å². The van der Waals surface area contributed by atoms with Gasteiger partial charge in [0.05, 0.1) is 17.8 Å². The van der Waals surface area contributed by atoms with E-state index in [1.54, 1.807) is 0 Å². The Morgan fingerprint density at radius 1 is 1.25 bits per heavy atom. The van der Waals surface area contributed by atoms with Crippen LogP contribution in [0.1, 0.15) is 30.1 Å². The molecule has 2 N–H and O–H groups in total. The highest BCUT2D eigenvalue weighted by Crippen LogP contribution is 2.30. The second-order valence-electron chi connectivity index (χ2n) is 5.19. The summed E-state index contributed by atoms with van der Waals surface area (Å²) in [6.07, 6.45) is -3.97. The summed E-state index contributed by atoms with van der Waals surface area (Å²) in [5.74, 6) is 0. The molecule has 0 unspecified atom stereocenters. The zero-order valence-electron chi connectivity index (χ0n) is 11.0. The Morgan fingerprint density at radius 3 is 2.45 bits per heavy atom. The zero-order valence-corrected chi connectivity index (χ0v) is 11.0. The van der Waals surface area contributed by atoms with Gasteiger partial charge in [0.25, 0.3) is 0 Å². The van der Waals surface area contributed by atoms with Crippen LogP contribution in [0.3, 0.4) is 0 Å². The molecule has 0 aromatic heterocycles. The van der Waals surface area contributed by atoms with Crippen LogP contribution in [0.2, 0.25) is 0 Å². The van der Waals surface area contributed by atoms with E-state index in [1.165, 1.54) is 12.1 Å². The van der Waals surface area contributed by atoms with Crippen molar-refractivity contribution in [2.45, 2.75) is 31.2 Å². The third-order valence-electron chi connectivity index (χ3n) is 3.53. The number of hydrogen-bond donors (Lipinski definition) is 2. The van der Waals surface area contributed by atoms with Crippen molar-refractivity contribution >= 4 is 0 Å². The van der Waals surface area contributed by atoms with E-state index in [9.17, 15) is 23.4 Å². The van der Waals surface area contributed by atoms with Gasteiger partial charge in [0.1, 0.15) is 0 Å². The molecule has 0 aliphatic carbocycles. The van der Waals surface area contributed by atoms with Gasteiger partial charge in [-0.3, -0.25) is 4.90 Å². The van der Waals surface area contributed by atoms with Crippen LogP contribution in [0.4, 0.5) is 13.2 Å². The molecule has 1 aromatic carbocycles. The van der Waals surface area contributed by atoms with Gasteiger partial charge in [-0.05, 0) is 37.1 Å². The molecule has 112 valence electrons. The lowest BCUT2D eigenvalue weighted by Gasteiger charge is -2.31. The molecule has 2 rings (SSSR count). The van der Waals surface area contributed by atoms with E-state index in [4.69, 9.17) is 0 Å². The summed E-state index contributed by atoms with van der Waals surface area (Å²) in [4.78, 5) is 1.93. The molecule has 0 radical (unpaired) electrons. The Hall–Kier alpha value is -1.11. The molecule has 1 aromatic rings. The number of hydrogen-bond acceptors (Lipinski definition) is 3. The van der Waals surface area contributed by atoms with Gasteiger partial charge in [-0.1, -0.05) is 12.1 Å². The maximum absolute atomic E-state index is 12.4. The summed E-state index contributed by atoms with van der Waals surface area (Å²) in [6.45, 7) is 1.61. The number of alkyl halides is 3. The maximum Gasteiger partial charge on any atom is 0.416 e. The van der Waals surface area contributed by atoms with E-state index in [-0.39, 0.29) is 6.10 Å². The van der Waals surface area contributed by atoms with Crippen molar-refractivity contribution in [3.63, 3.8) is 0 Å². The Bertz CT molecular complexity index is 433. The first-order valence-corrected chi connectivity index (χ1v) is 6.62. The van der Waals surface area contributed by atoms with Crippen molar-refractivity contribution < 1.29 is 23.4 Å². The normalized spacial score (nSPS) is 22.8. The number of piperidine rings is 1. The van der Waals surface area contributed by atoms with Crippen LogP contribution in [0.5, 0.6) is 0 Å². The molecule has 1 saturated heterocycles. The lowest BCUT2D eigenvalue weighted by molar-refractivity contribution is -0.137. The van der Waals surface area contributed by atoms with E-state index >= 15 is 0 Å². The van der Waals surface area contributed by atoms with Gasteiger partial charge >= 0.3 is 6.18 Å². The molecule has 2 atom stereocenters. The van der Waals surface area contributed by atoms with Gasteiger partial charge in [0.2, 0.25) is 0 Å². The zero-order chi connectivity index (χ0) is 14.8. The molecular formula is C14H18F3NO2. The molecule has 20 heavy (non-hydrogen) atoms. The molecule has 6 heteroatoms. The van der Waals surface area contributed by atoms with Crippen LogP contribution in [0, 0.1) is 0 Å². The Morgan fingerprint density at radius 2 is 1.90 bits per heavy atom. The molecule has 3 nitrogen and oxygen atoms in total. The minimum Gasteiger partial charge on any atom is -0.392 e. The van der Waals surface area contributed by atoms with Crippen LogP contribution < -0.4 is 0 Å². The first-order chi connectivity index (χ1) is 9.36. The summed E-state index contributed by atoms with van der Waals surface area (Å²) in [6, 6.07) is 4.55.